The molecule has 0 amide bonds. The molecule has 0 bridgehead atoms. The molecule has 0 spiro atoms. The predicted molar refractivity (Wildman–Crippen MR) is 85.9 cm³/mol. The zero-order valence-electron chi connectivity index (χ0n) is 12.3. The highest BCUT2D eigenvalue weighted by Gasteiger charge is 2.36. The standard InChI is InChI=1S/C15H24BrN3/c1-15(2)11-17-9-14(10-18(3)4)19(15)13-7-5-6-12(16)8-13/h5-8,14,17H,9-11H2,1-4H3. The summed E-state index contributed by atoms with van der Waals surface area (Å²) in [5.41, 5.74) is 1.42. The van der Waals surface area contributed by atoms with Crippen molar-refractivity contribution in [1.82, 2.24) is 10.2 Å². The maximum Gasteiger partial charge on any atom is 0.0547 e. The van der Waals surface area contributed by atoms with Crippen LogP contribution in [0.25, 0.3) is 0 Å². The van der Waals surface area contributed by atoms with Gasteiger partial charge < -0.3 is 15.1 Å². The van der Waals surface area contributed by atoms with Crippen LogP contribution in [0.1, 0.15) is 13.8 Å². The Labute approximate surface area is 125 Å². The summed E-state index contributed by atoms with van der Waals surface area (Å²) >= 11 is 3.58. The summed E-state index contributed by atoms with van der Waals surface area (Å²) in [5.74, 6) is 0. The normalized spacial score (nSPS) is 22.8. The molecule has 1 aromatic rings. The van der Waals surface area contributed by atoms with E-state index in [1.54, 1.807) is 0 Å². The Morgan fingerprint density at radius 3 is 2.79 bits per heavy atom. The van der Waals surface area contributed by atoms with E-state index in [9.17, 15) is 0 Å². The first-order valence-electron chi connectivity index (χ1n) is 6.80. The molecule has 4 heteroatoms. The van der Waals surface area contributed by atoms with Crippen molar-refractivity contribution in [3.8, 4) is 0 Å². The number of anilines is 1. The largest absolute Gasteiger partial charge is 0.360 e. The van der Waals surface area contributed by atoms with Crippen LogP contribution in [0.3, 0.4) is 0 Å². The number of nitrogens with zero attached hydrogens (tertiary/aromatic N) is 2. The molecule has 1 unspecified atom stereocenters. The highest BCUT2D eigenvalue weighted by Crippen LogP contribution is 2.30. The summed E-state index contributed by atoms with van der Waals surface area (Å²) in [7, 11) is 4.28. The van der Waals surface area contributed by atoms with E-state index in [0.717, 1.165) is 24.1 Å². The number of piperazine rings is 1. The summed E-state index contributed by atoms with van der Waals surface area (Å²) in [6.45, 7) is 7.73. The second-order valence-electron chi connectivity index (χ2n) is 6.21. The molecule has 1 aromatic carbocycles. The maximum atomic E-state index is 3.58. The van der Waals surface area contributed by atoms with E-state index in [0.29, 0.717) is 6.04 Å². The Hall–Kier alpha value is -0.580. The minimum atomic E-state index is 0.125. The quantitative estimate of drug-likeness (QED) is 0.921. The summed E-state index contributed by atoms with van der Waals surface area (Å²) in [6, 6.07) is 9.12. The van der Waals surface area contributed by atoms with E-state index in [2.05, 4.69) is 83.3 Å². The zero-order chi connectivity index (χ0) is 14.0. The summed E-state index contributed by atoms with van der Waals surface area (Å²) in [5, 5.41) is 3.56. The molecule has 0 radical (unpaired) electrons. The van der Waals surface area contributed by atoms with Gasteiger partial charge >= 0.3 is 0 Å². The van der Waals surface area contributed by atoms with Gasteiger partial charge in [0.1, 0.15) is 0 Å². The van der Waals surface area contributed by atoms with Crippen molar-refractivity contribution >= 4 is 21.6 Å². The second-order valence-corrected chi connectivity index (χ2v) is 7.12. The number of hydrogen-bond acceptors (Lipinski definition) is 3. The van der Waals surface area contributed by atoms with Gasteiger partial charge in [-0.1, -0.05) is 22.0 Å². The minimum absolute atomic E-state index is 0.125. The van der Waals surface area contributed by atoms with Gasteiger partial charge in [0.2, 0.25) is 0 Å². The maximum absolute atomic E-state index is 3.58. The van der Waals surface area contributed by atoms with E-state index < -0.39 is 0 Å². The number of nitrogens with one attached hydrogen (secondary N) is 1. The van der Waals surface area contributed by atoms with Crippen LogP contribution in [-0.2, 0) is 0 Å². The average Bonchev–Trinajstić information content (AvgIpc) is 2.26. The molecule has 106 valence electrons. The summed E-state index contributed by atoms with van der Waals surface area (Å²) < 4.78 is 1.14. The lowest BCUT2D eigenvalue weighted by molar-refractivity contribution is 0.271. The number of rotatable bonds is 3. The molecule has 1 aliphatic rings. The van der Waals surface area contributed by atoms with Gasteiger partial charge in [-0.3, -0.25) is 0 Å². The molecule has 3 nitrogen and oxygen atoms in total. The first-order valence-corrected chi connectivity index (χ1v) is 7.60. The third kappa shape index (κ3) is 3.50. The molecule has 1 N–H and O–H groups in total. The molecule has 0 aliphatic carbocycles. The van der Waals surface area contributed by atoms with Crippen molar-refractivity contribution in [3.05, 3.63) is 28.7 Å². The van der Waals surface area contributed by atoms with Crippen molar-refractivity contribution in [2.24, 2.45) is 0 Å². The summed E-state index contributed by atoms with van der Waals surface area (Å²) in [4.78, 5) is 4.83. The highest BCUT2D eigenvalue weighted by atomic mass is 79.9. The average molecular weight is 326 g/mol. The number of hydrogen-bond donors (Lipinski definition) is 1. The van der Waals surface area contributed by atoms with Crippen LogP contribution in [0.2, 0.25) is 0 Å². The molecule has 0 aromatic heterocycles. The van der Waals surface area contributed by atoms with Crippen molar-refractivity contribution in [2.75, 3.05) is 38.6 Å². The van der Waals surface area contributed by atoms with Crippen LogP contribution >= 0.6 is 15.9 Å². The lowest BCUT2D eigenvalue weighted by atomic mass is 9.94. The van der Waals surface area contributed by atoms with Gasteiger partial charge in [0.05, 0.1) is 6.04 Å². The molecule has 1 heterocycles. The molecule has 2 rings (SSSR count). The summed E-state index contributed by atoms with van der Waals surface area (Å²) in [6.07, 6.45) is 0. The highest BCUT2D eigenvalue weighted by molar-refractivity contribution is 9.10. The van der Waals surface area contributed by atoms with Gasteiger partial charge in [-0.2, -0.15) is 0 Å². The first kappa shape index (κ1) is 14.8. The fraction of sp³-hybridized carbons (Fsp3) is 0.600. The smallest absolute Gasteiger partial charge is 0.0547 e. The van der Waals surface area contributed by atoms with Gasteiger partial charge in [0.25, 0.3) is 0 Å². The van der Waals surface area contributed by atoms with Crippen LogP contribution in [0.4, 0.5) is 5.69 Å². The molecular weight excluding hydrogens is 302 g/mol. The lowest BCUT2D eigenvalue weighted by Crippen LogP contribution is -2.65. The fourth-order valence-electron chi connectivity index (χ4n) is 2.97. The van der Waals surface area contributed by atoms with Gasteiger partial charge in [-0.05, 0) is 46.1 Å². The van der Waals surface area contributed by atoms with E-state index in [-0.39, 0.29) is 5.54 Å². The number of halogens is 1. The van der Waals surface area contributed by atoms with Gasteiger partial charge in [-0.25, -0.2) is 0 Å². The van der Waals surface area contributed by atoms with Crippen LogP contribution < -0.4 is 10.2 Å². The third-order valence-corrected chi connectivity index (χ3v) is 4.11. The lowest BCUT2D eigenvalue weighted by Gasteiger charge is -2.50. The molecule has 1 fully saturated rings. The number of likely N-dealkylation sites (N-methyl/N-ethyl adjacent to an activating group) is 1. The SMILES string of the molecule is CN(C)CC1CNCC(C)(C)N1c1cccc(Br)c1. The van der Waals surface area contributed by atoms with Crippen molar-refractivity contribution in [1.29, 1.82) is 0 Å². The molecule has 1 aliphatic heterocycles. The Morgan fingerprint density at radius 2 is 2.16 bits per heavy atom. The Kier molecular flexibility index (Phi) is 4.54. The molecular formula is C15H24BrN3. The zero-order valence-corrected chi connectivity index (χ0v) is 13.9. The van der Waals surface area contributed by atoms with Crippen molar-refractivity contribution in [3.63, 3.8) is 0 Å². The van der Waals surface area contributed by atoms with Crippen LogP contribution in [0.15, 0.2) is 28.7 Å². The molecule has 1 atom stereocenters. The fourth-order valence-corrected chi connectivity index (χ4v) is 3.36. The van der Waals surface area contributed by atoms with Gasteiger partial charge in [0.15, 0.2) is 0 Å². The Bertz CT molecular complexity index is 431. The second kappa shape index (κ2) is 5.81. The van der Waals surface area contributed by atoms with Gasteiger partial charge in [0, 0.05) is 35.3 Å². The van der Waals surface area contributed by atoms with Crippen LogP contribution in [0, 0.1) is 0 Å². The van der Waals surface area contributed by atoms with E-state index in [1.807, 2.05) is 0 Å². The molecule has 19 heavy (non-hydrogen) atoms. The topological polar surface area (TPSA) is 18.5 Å². The Morgan fingerprint density at radius 1 is 1.42 bits per heavy atom. The third-order valence-electron chi connectivity index (χ3n) is 3.62. The van der Waals surface area contributed by atoms with Crippen molar-refractivity contribution in [2.45, 2.75) is 25.4 Å². The minimum Gasteiger partial charge on any atom is -0.360 e. The van der Waals surface area contributed by atoms with E-state index >= 15 is 0 Å². The Balaban J connectivity index is 2.33. The van der Waals surface area contributed by atoms with E-state index in [4.69, 9.17) is 0 Å². The molecule has 1 saturated heterocycles. The van der Waals surface area contributed by atoms with Gasteiger partial charge in [-0.15, -0.1) is 0 Å². The van der Waals surface area contributed by atoms with E-state index in [1.165, 1.54) is 5.69 Å². The first-order chi connectivity index (χ1) is 8.90. The monoisotopic (exact) mass is 325 g/mol. The number of benzene rings is 1. The predicted octanol–water partition coefficient (Wildman–Crippen LogP) is 2.57. The molecule has 0 saturated carbocycles. The van der Waals surface area contributed by atoms with Crippen LogP contribution in [0.5, 0.6) is 0 Å². The van der Waals surface area contributed by atoms with Crippen LogP contribution in [-0.4, -0.2) is 50.2 Å². The van der Waals surface area contributed by atoms with Crippen molar-refractivity contribution < 1.29 is 0 Å².